The molecule has 0 saturated carbocycles. The molecule has 0 aliphatic rings. The van der Waals surface area contributed by atoms with E-state index in [1.807, 2.05) is 0 Å². The first-order valence-electron chi connectivity index (χ1n) is 5.97. The zero-order chi connectivity index (χ0) is 13.6. The molecule has 0 aromatic carbocycles. The Morgan fingerprint density at radius 2 is 1.89 bits per heavy atom. The first kappa shape index (κ1) is 15.5. The van der Waals surface area contributed by atoms with Crippen molar-refractivity contribution in [2.24, 2.45) is 0 Å². The molecule has 0 fully saturated rings. The number of hydrogen-bond donors (Lipinski definition) is 1. The molecule has 0 saturated heterocycles. The van der Waals surface area contributed by atoms with Gasteiger partial charge in [0, 0.05) is 12.4 Å². The third-order valence-corrected chi connectivity index (χ3v) is 4.56. The molecule has 0 amide bonds. The predicted octanol–water partition coefficient (Wildman–Crippen LogP) is 2.37. The monoisotopic (exact) mass is 294 g/mol. The predicted molar refractivity (Wildman–Crippen MR) is 70.4 cm³/mol. The molecule has 0 bridgehead atoms. The molecule has 18 heavy (non-hydrogen) atoms. The zero-order valence-corrected chi connectivity index (χ0v) is 12.3. The van der Waals surface area contributed by atoms with Gasteiger partial charge < -0.3 is 4.52 Å². The topological polar surface area (TPSA) is 72.2 Å². The van der Waals surface area contributed by atoms with E-state index in [1.165, 1.54) is 0 Å². The Balaban J connectivity index is 2.46. The molecule has 1 aromatic heterocycles. The number of aromatic nitrogens is 1. The number of sulfonamides is 1. The highest BCUT2D eigenvalue weighted by Gasteiger charge is 2.23. The summed E-state index contributed by atoms with van der Waals surface area (Å²) in [6, 6.07) is 0. The molecule has 7 heteroatoms. The molecule has 0 aliphatic heterocycles. The van der Waals surface area contributed by atoms with Gasteiger partial charge in [-0.05, 0) is 26.7 Å². The molecule has 1 rings (SSSR count). The zero-order valence-electron chi connectivity index (χ0n) is 10.7. The number of rotatable bonds is 8. The van der Waals surface area contributed by atoms with Crippen LogP contribution in [0.1, 0.15) is 37.1 Å². The average molecular weight is 295 g/mol. The van der Waals surface area contributed by atoms with Gasteiger partial charge in [-0.25, -0.2) is 13.1 Å². The molecule has 0 aliphatic carbocycles. The van der Waals surface area contributed by atoms with Crippen LogP contribution in [-0.4, -0.2) is 26.0 Å². The lowest BCUT2D eigenvalue weighted by atomic mass is 10.2. The Bertz CT molecular complexity index is 451. The van der Waals surface area contributed by atoms with Gasteiger partial charge in [-0.15, -0.1) is 11.6 Å². The van der Waals surface area contributed by atoms with Gasteiger partial charge in [0.15, 0.2) is 5.76 Å². The maximum absolute atomic E-state index is 12.0. The van der Waals surface area contributed by atoms with Crippen LogP contribution < -0.4 is 4.72 Å². The normalized spacial score (nSPS) is 11.9. The molecule has 0 spiro atoms. The van der Waals surface area contributed by atoms with E-state index in [9.17, 15) is 8.42 Å². The highest BCUT2D eigenvalue weighted by molar-refractivity contribution is 7.89. The first-order valence-corrected chi connectivity index (χ1v) is 7.99. The van der Waals surface area contributed by atoms with Crippen LogP contribution in [0.4, 0.5) is 0 Å². The van der Waals surface area contributed by atoms with Gasteiger partial charge in [-0.1, -0.05) is 18.0 Å². The number of alkyl halides is 1. The summed E-state index contributed by atoms with van der Waals surface area (Å²) in [5.41, 5.74) is 0.391. The molecular formula is C11H19ClN2O3S. The number of hydrogen-bond acceptors (Lipinski definition) is 4. The standard InChI is InChI=1S/C11H19ClN2O3S/c1-9-11(10(2)17-14-9)18(15,16)13-8-6-4-3-5-7-12/h13H,3-8H2,1-2H3. The van der Waals surface area contributed by atoms with Crippen molar-refractivity contribution in [3.8, 4) is 0 Å². The van der Waals surface area contributed by atoms with Crippen molar-refractivity contribution in [1.29, 1.82) is 0 Å². The molecule has 1 N–H and O–H groups in total. The van der Waals surface area contributed by atoms with Crippen LogP contribution in [0.25, 0.3) is 0 Å². The van der Waals surface area contributed by atoms with Gasteiger partial charge in [0.1, 0.15) is 10.6 Å². The lowest BCUT2D eigenvalue weighted by Gasteiger charge is -2.05. The van der Waals surface area contributed by atoms with Crippen LogP contribution in [0.15, 0.2) is 9.42 Å². The highest BCUT2D eigenvalue weighted by Crippen LogP contribution is 2.18. The summed E-state index contributed by atoms with van der Waals surface area (Å²) in [7, 11) is -3.50. The number of unbranched alkanes of at least 4 members (excludes halogenated alkanes) is 3. The van der Waals surface area contributed by atoms with Crippen LogP contribution in [-0.2, 0) is 10.0 Å². The summed E-state index contributed by atoms with van der Waals surface area (Å²) < 4.78 is 31.4. The van der Waals surface area contributed by atoms with Gasteiger partial charge in [0.25, 0.3) is 0 Å². The summed E-state index contributed by atoms with van der Waals surface area (Å²) in [4.78, 5) is 0.156. The van der Waals surface area contributed by atoms with Crippen molar-refractivity contribution in [1.82, 2.24) is 9.88 Å². The van der Waals surface area contributed by atoms with Crippen LogP contribution in [0.2, 0.25) is 0 Å². The van der Waals surface area contributed by atoms with E-state index in [0.717, 1.165) is 25.7 Å². The summed E-state index contributed by atoms with van der Waals surface area (Å²) in [5, 5.41) is 3.64. The minimum absolute atomic E-state index is 0.156. The summed E-state index contributed by atoms with van der Waals surface area (Å²) in [5.74, 6) is 0.979. The maximum Gasteiger partial charge on any atom is 0.245 e. The second-order valence-corrected chi connectivity index (χ2v) is 6.24. The average Bonchev–Trinajstić information content (AvgIpc) is 2.64. The van der Waals surface area contributed by atoms with Gasteiger partial charge in [-0.3, -0.25) is 0 Å². The first-order chi connectivity index (χ1) is 8.49. The molecule has 0 atom stereocenters. The van der Waals surface area contributed by atoms with Gasteiger partial charge in [0.2, 0.25) is 10.0 Å². The van der Waals surface area contributed by atoms with Crippen LogP contribution in [0, 0.1) is 13.8 Å². The van der Waals surface area contributed by atoms with Crippen molar-refractivity contribution < 1.29 is 12.9 Å². The maximum atomic E-state index is 12.0. The number of nitrogens with zero attached hydrogens (tertiary/aromatic N) is 1. The Hall–Kier alpha value is -0.590. The van der Waals surface area contributed by atoms with E-state index in [0.29, 0.717) is 23.9 Å². The van der Waals surface area contributed by atoms with E-state index in [1.54, 1.807) is 13.8 Å². The molecule has 0 unspecified atom stereocenters. The highest BCUT2D eigenvalue weighted by atomic mass is 35.5. The van der Waals surface area contributed by atoms with Crippen LogP contribution >= 0.6 is 11.6 Å². The minimum Gasteiger partial charge on any atom is -0.360 e. The summed E-state index contributed by atoms with van der Waals surface area (Å²) in [6.45, 7) is 3.63. The van der Waals surface area contributed by atoms with Crippen molar-refractivity contribution in [3.05, 3.63) is 11.5 Å². The summed E-state index contributed by atoms with van der Waals surface area (Å²) >= 11 is 5.56. The Morgan fingerprint density at radius 1 is 1.22 bits per heavy atom. The number of aryl methyl sites for hydroxylation is 2. The largest absolute Gasteiger partial charge is 0.360 e. The van der Waals surface area contributed by atoms with Crippen molar-refractivity contribution in [2.45, 2.75) is 44.4 Å². The van der Waals surface area contributed by atoms with Crippen molar-refractivity contribution in [2.75, 3.05) is 12.4 Å². The molecular weight excluding hydrogens is 276 g/mol. The van der Waals surface area contributed by atoms with Gasteiger partial charge in [-0.2, -0.15) is 0 Å². The van der Waals surface area contributed by atoms with E-state index < -0.39 is 10.0 Å². The SMILES string of the molecule is Cc1noc(C)c1S(=O)(=O)NCCCCCCCl. The Morgan fingerprint density at radius 3 is 2.44 bits per heavy atom. The Kier molecular flexibility index (Phi) is 6.11. The van der Waals surface area contributed by atoms with E-state index in [2.05, 4.69) is 9.88 Å². The molecule has 104 valence electrons. The van der Waals surface area contributed by atoms with E-state index >= 15 is 0 Å². The third-order valence-electron chi connectivity index (χ3n) is 2.59. The fourth-order valence-electron chi connectivity index (χ4n) is 1.71. The minimum atomic E-state index is -3.50. The van der Waals surface area contributed by atoms with Crippen LogP contribution in [0.3, 0.4) is 0 Å². The second-order valence-electron chi connectivity index (χ2n) is 4.15. The van der Waals surface area contributed by atoms with Crippen LogP contribution in [0.5, 0.6) is 0 Å². The van der Waals surface area contributed by atoms with Crippen molar-refractivity contribution >= 4 is 21.6 Å². The molecule has 0 radical (unpaired) electrons. The molecule has 1 aromatic rings. The lowest BCUT2D eigenvalue weighted by Crippen LogP contribution is -2.25. The number of nitrogens with one attached hydrogen (secondary N) is 1. The molecule has 1 heterocycles. The van der Waals surface area contributed by atoms with E-state index in [4.69, 9.17) is 16.1 Å². The van der Waals surface area contributed by atoms with Gasteiger partial charge >= 0.3 is 0 Å². The number of halogens is 1. The van der Waals surface area contributed by atoms with E-state index in [-0.39, 0.29) is 4.90 Å². The fraction of sp³-hybridized carbons (Fsp3) is 0.727. The smallest absolute Gasteiger partial charge is 0.245 e. The third kappa shape index (κ3) is 4.26. The van der Waals surface area contributed by atoms with Crippen molar-refractivity contribution in [3.63, 3.8) is 0 Å². The molecule has 5 nitrogen and oxygen atoms in total. The second kappa shape index (κ2) is 7.11. The fourth-order valence-corrected chi connectivity index (χ4v) is 3.30. The Labute approximate surface area is 113 Å². The summed E-state index contributed by atoms with van der Waals surface area (Å²) in [6.07, 6.45) is 3.77. The van der Waals surface area contributed by atoms with Gasteiger partial charge in [0.05, 0.1) is 0 Å². The quantitative estimate of drug-likeness (QED) is 0.590. The lowest BCUT2D eigenvalue weighted by molar-refractivity contribution is 0.390.